The standard InChI is InChI=1S/C13H19F2NO3S/c1-10(8-9-13(2,14)15)16-20(17,18)12-6-4-11(19-3)5-7-12/h4-7,10,16H,8-9H2,1-3H3. The molecule has 1 atom stereocenters. The summed E-state index contributed by atoms with van der Waals surface area (Å²) in [5.74, 6) is -2.25. The Labute approximate surface area is 118 Å². The molecule has 1 rings (SSSR count). The van der Waals surface area contributed by atoms with Gasteiger partial charge in [0, 0.05) is 12.5 Å². The lowest BCUT2D eigenvalue weighted by molar-refractivity contribution is 0.00926. The maximum atomic E-state index is 12.7. The minimum Gasteiger partial charge on any atom is -0.497 e. The number of nitrogens with one attached hydrogen (secondary N) is 1. The van der Waals surface area contributed by atoms with Gasteiger partial charge in [-0.2, -0.15) is 0 Å². The van der Waals surface area contributed by atoms with Crippen LogP contribution in [-0.2, 0) is 10.0 Å². The Hall–Kier alpha value is -1.21. The van der Waals surface area contributed by atoms with Gasteiger partial charge < -0.3 is 4.74 Å². The number of ether oxygens (including phenoxy) is 1. The van der Waals surface area contributed by atoms with Crippen molar-refractivity contribution in [1.82, 2.24) is 4.72 Å². The summed E-state index contributed by atoms with van der Waals surface area (Å²) in [6.07, 6.45) is -0.293. The highest BCUT2D eigenvalue weighted by Crippen LogP contribution is 2.21. The third kappa shape index (κ3) is 5.42. The molecular formula is C13H19F2NO3S. The Morgan fingerprint density at radius 2 is 1.85 bits per heavy atom. The summed E-state index contributed by atoms with van der Waals surface area (Å²) in [7, 11) is -2.22. The fraction of sp³-hybridized carbons (Fsp3) is 0.538. The molecule has 0 aliphatic heterocycles. The minimum atomic E-state index is -3.70. The average molecular weight is 307 g/mol. The van der Waals surface area contributed by atoms with E-state index in [0.29, 0.717) is 5.75 Å². The van der Waals surface area contributed by atoms with Crippen molar-refractivity contribution in [3.05, 3.63) is 24.3 Å². The molecule has 0 aromatic heterocycles. The summed E-state index contributed by atoms with van der Waals surface area (Å²) in [5.41, 5.74) is 0. The van der Waals surface area contributed by atoms with Gasteiger partial charge >= 0.3 is 0 Å². The summed E-state index contributed by atoms with van der Waals surface area (Å²) >= 11 is 0. The number of sulfonamides is 1. The zero-order valence-corrected chi connectivity index (χ0v) is 12.5. The third-order valence-corrected chi connectivity index (χ3v) is 4.35. The molecule has 0 saturated heterocycles. The normalized spacial score (nSPS) is 14.1. The lowest BCUT2D eigenvalue weighted by Crippen LogP contribution is -2.33. The van der Waals surface area contributed by atoms with E-state index in [1.54, 1.807) is 6.92 Å². The van der Waals surface area contributed by atoms with Crippen molar-refractivity contribution in [3.8, 4) is 5.75 Å². The van der Waals surface area contributed by atoms with Gasteiger partial charge in [-0.1, -0.05) is 0 Å². The molecular weight excluding hydrogens is 288 g/mol. The van der Waals surface area contributed by atoms with Crippen LogP contribution in [0.4, 0.5) is 8.78 Å². The van der Waals surface area contributed by atoms with Crippen molar-refractivity contribution in [2.75, 3.05) is 7.11 Å². The number of rotatable bonds is 7. The van der Waals surface area contributed by atoms with Crippen LogP contribution in [-0.4, -0.2) is 27.5 Å². The molecule has 0 heterocycles. The van der Waals surface area contributed by atoms with Crippen molar-refractivity contribution in [2.24, 2.45) is 0 Å². The predicted molar refractivity (Wildman–Crippen MR) is 72.6 cm³/mol. The largest absolute Gasteiger partial charge is 0.497 e. The van der Waals surface area contributed by atoms with Crippen molar-refractivity contribution in [1.29, 1.82) is 0 Å². The van der Waals surface area contributed by atoms with Gasteiger partial charge in [0.2, 0.25) is 15.9 Å². The van der Waals surface area contributed by atoms with E-state index < -0.39 is 22.0 Å². The molecule has 0 aliphatic rings. The van der Waals surface area contributed by atoms with Crippen molar-refractivity contribution >= 4 is 10.0 Å². The number of methoxy groups -OCH3 is 1. The highest BCUT2D eigenvalue weighted by molar-refractivity contribution is 7.89. The van der Waals surface area contributed by atoms with E-state index in [4.69, 9.17) is 4.74 Å². The molecule has 0 aliphatic carbocycles. The molecule has 1 aromatic rings. The summed E-state index contributed by atoms with van der Waals surface area (Å²) < 4.78 is 56.8. The molecule has 0 bridgehead atoms. The molecule has 0 saturated carbocycles. The van der Waals surface area contributed by atoms with E-state index in [1.165, 1.54) is 31.4 Å². The van der Waals surface area contributed by atoms with E-state index in [2.05, 4.69) is 4.72 Å². The Morgan fingerprint density at radius 3 is 2.30 bits per heavy atom. The molecule has 114 valence electrons. The van der Waals surface area contributed by atoms with E-state index in [1.807, 2.05) is 0 Å². The fourth-order valence-corrected chi connectivity index (χ4v) is 2.89. The zero-order valence-electron chi connectivity index (χ0n) is 11.7. The maximum absolute atomic E-state index is 12.7. The molecule has 20 heavy (non-hydrogen) atoms. The van der Waals surface area contributed by atoms with E-state index in [9.17, 15) is 17.2 Å². The fourth-order valence-electron chi connectivity index (χ4n) is 1.62. The van der Waals surface area contributed by atoms with Crippen LogP contribution in [0, 0.1) is 0 Å². The molecule has 0 spiro atoms. The monoisotopic (exact) mass is 307 g/mol. The highest BCUT2D eigenvalue weighted by Gasteiger charge is 2.24. The summed E-state index contributed by atoms with van der Waals surface area (Å²) in [6.45, 7) is 2.38. The van der Waals surface area contributed by atoms with Crippen LogP contribution in [0.1, 0.15) is 26.7 Å². The summed E-state index contributed by atoms with van der Waals surface area (Å²) in [4.78, 5) is 0.0772. The van der Waals surface area contributed by atoms with Crippen LogP contribution in [0.5, 0.6) is 5.75 Å². The highest BCUT2D eigenvalue weighted by atomic mass is 32.2. The van der Waals surface area contributed by atoms with E-state index >= 15 is 0 Å². The van der Waals surface area contributed by atoms with Gasteiger partial charge in [0.1, 0.15) is 5.75 Å². The smallest absolute Gasteiger partial charge is 0.245 e. The first kappa shape index (κ1) is 16.8. The molecule has 0 fully saturated rings. The zero-order chi connectivity index (χ0) is 15.4. The molecule has 1 N–H and O–H groups in total. The number of alkyl halides is 2. The minimum absolute atomic E-state index is 0.0683. The SMILES string of the molecule is COc1ccc(S(=O)(=O)NC(C)CCC(C)(F)F)cc1. The number of halogens is 2. The molecule has 7 heteroatoms. The van der Waals surface area contributed by atoms with Gasteiger partial charge in [-0.15, -0.1) is 0 Å². The van der Waals surface area contributed by atoms with Crippen LogP contribution >= 0.6 is 0 Å². The van der Waals surface area contributed by atoms with Crippen molar-refractivity contribution in [3.63, 3.8) is 0 Å². The topological polar surface area (TPSA) is 55.4 Å². The van der Waals surface area contributed by atoms with E-state index in [0.717, 1.165) is 6.92 Å². The van der Waals surface area contributed by atoms with Gasteiger partial charge in [-0.05, 0) is 44.5 Å². The molecule has 1 unspecified atom stereocenters. The molecule has 0 amide bonds. The van der Waals surface area contributed by atoms with Crippen molar-refractivity contribution < 1.29 is 21.9 Å². The average Bonchev–Trinajstić information content (AvgIpc) is 2.35. The third-order valence-electron chi connectivity index (χ3n) is 2.74. The number of benzene rings is 1. The van der Waals surface area contributed by atoms with Crippen LogP contribution in [0.15, 0.2) is 29.2 Å². The first-order valence-electron chi connectivity index (χ1n) is 6.18. The molecule has 4 nitrogen and oxygen atoms in total. The Morgan fingerprint density at radius 1 is 1.30 bits per heavy atom. The van der Waals surface area contributed by atoms with Crippen molar-refractivity contribution in [2.45, 2.75) is 43.5 Å². The maximum Gasteiger partial charge on any atom is 0.245 e. The second-order valence-electron chi connectivity index (χ2n) is 4.81. The predicted octanol–water partition coefficient (Wildman–Crippen LogP) is 2.80. The van der Waals surface area contributed by atoms with Gasteiger partial charge in [-0.3, -0.25) is 0 Å². The summed E-state index contributed by atoms with van der Waals surface area (Å²) in [5, 5.41) is 0. The summed E-state index contributed by atoms with van der Waals surface area (Å²) in [6, 6.07) is 5.30. The first-order chi connectivity index (χ1) is 9.14. The van der Waals surface area contributed by atoms with Crippen LogP contribution in [0.2, 0.25) is 0 Å². The van der Waals surface area contributed by atoms with Crippen LogP contribution in [0.25, 0.3) is 0 Å². The van der Waals surface area contributed by atoms with Gasteiger partial charge in [0.15, 0.2) is 0 Å². The van der Waals surface area contributed by atoms with Crippen LogP contribution in [0.3, 0.4) is 0 Å². The Balaban J connectivity index is 2.68. The lowest BCUT2D eigenvalue weighted by atomic mass is 10.1. The second-order valence-corrected chi connectivity index (χ2v) is 6.52. The number of hydrogen-bond acceptors (Lipinski definition) is 3. The quantitative estimate of drug-likeness (QED) is 0.843. The Kier molecular flexibility index (Phi) is 5.47. The van der Waals surface area contributed by atoms with E-state index in [-0.39, 0.29) is 17.7 Å². The second kappa shape index (κ2) is 6.49. The van der Waals surface area contributed by atoms with Gasteiger partial charge in [0.25, 0.3) is 0 Å². The Bertz CT molecular complexity index is 524. The van der Waals surface area contributed by atoms with Gasteiger partial charge in [0.05, 0.1) is 12.0 Å². The molecule has 0 radical (unpaired) electrons. The lowest BCUT2D eigenvalue weighted by Gasteiger charge is -2.16. The molecule has 1 aromatic carbocycles. The first-order valence-corrected chi connectivity index (χ1v) is 7.66. The number of hydrogen-bond donors (Lipinski definition) is 1. The van der Waals surface area contributed by atoms with Gasteiger partial charge in [-0.25, -0.2) is 21.9 Å². The van der Waals surface area contributed by atoms with Crippen LogP contribution < -0.4 is 9.46 Å².